The number of alkyl halides is 1. The number of aryl methyl sites for hydroxylation is 1. The molecule has 1 aliphatic heterocycles. The molecule has 0 aliphatic carbocycles. The van der Waals surface area contributed by atoms with E-state index in [4.69, 9.17) is 9.15 Å². The molecule has 8 heteroatoms. The molecule has 27 heavy (non-hydrogen) atoms. The van der Waals surface area contributed by atoms with Crippen LogP contribution in [0.1, 0.15) is 11.5 Å². The zero-order valence-electron chi connectivity index (χ0n) is 14.7. The SMILES string of the molecule is Cc1ccc(S(=O)(=O)N2C[C@@H](F)[C@@H](OCc3nc4ccccc4o3)C2)cc1. The van der Waals surface area contributed by atoms with Crippen LogP contribution in [-0.4, -0.2) is 43.1 Å². The molecule has 0 N–H and O–H groups in total. The van der Waals surface area contributed by atoms with Gasteiger partial charge in [-0.25, -0.2) is 17.8 Å². The highest BCUT2D eigenvalue weighted by Crippen LogP contribution is 2.26. The van der Waals surface area contributed by atoms with Crippen LogP contribution in [0.4, 0.5) is 4.39 Å². The second-order valence-corrected chi connectivity index (χ2v) is 8.51. The van der Waals surface area contributed by atoms with E-state index >= 15 is 0 Å². The Morgan fingerprint density at radius 1 is 1.19 bits per heavy atom. The minimum absolute atomic E-state index is 0.0157. The van der Waals surface area contributed by atoms with Crippen molar-refractivity contribution in [2.45, 2.75) is 30.7 Å². The monoisotopic (exact) mass is 390 g/mol. The summed E-state index contributed by atoms with van der Waals surface area (Å²) in [7, 11) is -3.75. The van der Waals surface area contributed by atoms with Crippen molar-refractivity contribution in [3.63, 3.8) is 0 Å². The van der Waals surface area contributed by atoms with Gasteiger partial charge >= 0.3 is 0 Å². The van der Waals surface area contributed by atoms with Gasteiger partial charge in [0, 0.05) is 13.1 Å². The van der Waals surface area contributed by atoms with Crippen LogP contribution in [-0.2, 0) is 21.4 Å². The second kappa shape index (κ2) is 7.03. The summed E-state index contributed by atoms with van der Waals surface area (Å²) in [6.07, 6.45) is -2.27. The predicted octanol–water partition coefficient (Wildman–Crippen LogP) is 3.06. The molecule has 0 saturated carbocycles. The molecule has 3 aromatic rings. The van der Waals surface area contributed by atoms with Crippen molar-refractivity contribution in [3.8, 4) is 0 Å². The lowest BCUT2D eigenvalue weighted by molar-refractivity contribution is 0.00381. The number of para-hydroxylation sites is 2. The fourth-order valence-electron chi connectivity index (χ4n) is 3.07. The van der Waals surface area contributed by atoms with Crippen LogP contribution in [0.15, 0.2) is 57.8 Å². The smallest absolute Gasteiger partial charge is 0.243 e. The predicted molar refractivity (Wildman–Crippen MR) is 97.4 cm³/mol. The Bertz CT molecular complexity index is 1020. The molecule has 0 spiro atoms. The maximum atomic E-state index is 14.4. The molecule has 2 aromatic carbocycles. The van der Waals surface area contributed by atoms with E-state index in [1.54, 1.807) is 18.2 Å². The summed E-state index contributed by atoms with van der Waals surface area (Å²) in [6.45, 7) is 1.59. The van der Waals surface area contributed by atoms with Gasteiger partial charge in [0.25, 0.3) is 0 Å². The maximum absolute atomic E-state index is 14.4. The van der Waals surface area contributed by atoms with E-state index in [9.17, 15) is 12.8 Å². The number of benzene rings is 2. The van der Waals surface area contributed by atoms with Crippen LogP contribution in [0.3, 0.4) is 0 Å². The van der Waals surface area contributed by atoms with Crippen molar-refractivity contribution in [2.75, 3.05) is 13.1 Å². The number of hydrogen-bond acceptors (Lipinski definition) is 5. The quantitative estimate of drug-likeness (QED) is 0.670. The van der Waals surface area contributed by atoms with Gasteiger partial charge in [-0.1, -0.05) is 29.8 Å². The van der Waals surface area contributed by atoms with Gasteiger partial charge in [0.2, 0.25) is 15.9 Å². The molecule has 6 nitrogen and oxygen atoms in total. The molecule has 1 fully saturated rings. The molecule has 0 bridgehead atoms. The normalized spacial score (nSPS) is 21.1. The van der Waals surface area contributed by atoms with Gasteiger partial charge in [-0.3, -0.25) is 0 Å². The number of nitrogens with zero attached hydrogens (tertiary/aromatic N) is 2. The Morgan fingerprint density at radius 2 is 1.93 bits per heavy atom. The van der Waals surface area contributed by atoms with Crippen LogP contribution in [0.5, 0.6) is 0 Å². The summed E-state index contributed by atoms with van der Waals surface area (Å²) < 4.78 is 52.0. The zero-order chi connectivity index (χ0) is 19.0. The molecule has 1 aromatic heterocycles. The zero-order valence-corrected chi connectivity index (χ0v) is 15.5. The summed E-state index contributed by atoms with van der Waals surface area (Å²) >= 11 is 0. The van der Waals surface area contributed by atoms with E-state index in [2.05, 4.69) is 4.98 Å². The van der Waals surface area contributed by atoms with Gasteiger partial charge in [0.15, 0.2) is 5.58 Å². The van der Waals surface area contributed by atoms with E-state index < -0.39 is 22.3 Å². The van der Waals surface area contributed by atoms with E-state index in [0.717, 1.165) is 9.87 Å². The van der Waals surface area contributed by atoms with Crippen LogP contribution < -0.4 is 0 Å². The lowest BCUT2D eigenvalue weighted by atomic mass is 10.2. The summed E-state index contributed by atoms with van der Waals surface area (Å²) in [5.74, 6) is 0.336. The van der Waals surface area contributed by atoms with Crippen molar-refractivity contribution in [3.05, 3.63) is 60.0 Å². The van der Waals surface area contributed by atoms with Crippen LogP contribution in [0.25, 0.3) is 11.1 Å². The fraction of sp³-hybridized carbons (Fsp3) is 0.316. The number of hydrogen-bond donors (Lipinski definition) is 0. The van der Waals surface area contributed by atoms with E-state index in [0.29, 0.717) is 17.0 Å². The van der Waals surface area contributed by atoms with E-state index in [1.165, 1.54) is 12.1 Å². The van der Waals surface area contributed by atoms with Gasteiger partial charge in [-0.15, -0.1) is 0 Å². The molecule has 0 radical (unpaired) electrons. The first kappa shape index (κ1) is 18.1. The number of oxazole rings is 1. The van der Waals surface area contributed by atoms with Crippen molar-refractivity contribution < 1.29 is 22.0 Å². The lowest BCUT2D eigenvalue weighted by Crippen LogP contribution is -2.30. The summed E-state index contributed by atoms with van der Waals surface area (Å²) in [5.41, 5.74) is 2.28. The molecule has 0 unspecified atom stereocenters. The van der Waals surface area contributed by atoms with Crippen molar-refractivity contribution >= 4 is 21.1 Å². The van der Waals surface area contributed by atoms with Gasteiger partial charge in [-0.2, -0.15) is 4.31 Å². The second-order valence-electron chi connectivity index (χ2n) is 6.58. The van der Waals surface area contributed by atoms with Gasteiger partial charge < -0.3 is 9.15 Å². The maximum Gasteiger partial charge on any atom is 0.243 e. The molecule has 142 valence electrons. The Labute approximate surface area is 156 Å². The molecule has 0 amide bonds. The molecular weight excluding hydrogens is 371 g/mol. The highest BCUT2D eigenvalue weighted by molar-refractivity contribution is 7.89. The topological polar surface area (TPSA) is 72.6 Å². The van der Waals surface area contributed by atoms with Crippen molar-refractivity contribution in [2.24, 2.45) is 0 Å². The largest absolute Gasteiger partial charge is 0.438 e. The first-order chi connectivity index (χ1) is 12.9. The van der Waals surface area contributed by atoms with Crippen LogP contribution in [0.2, 0.25) is 0 Å². The third kappa shape index (κ3) is 3.60. The standard InChI is InChI=1S/C19H19FN2O4S/c1-13-6-8-14(9-7-13)27(23,24)22-10-15(20)18(11-22)25-12-19-21-16-4-2-3-5-17(16)26-19/h2-9,15,18H,10-12H2,1H3/t15-,18+/m1/s1. The summed E-state index contributed by atoms with van der Waals surface area (Å²) in [4.78, 5) is 4.43. The Hall–Kier alpha value is -2.29. The van der Waals surface area contributed by atoms with Crippen LogP contribution in [0, 0.1) is 6.92 Å². The average molecular weight is 390 g/mol. The Balaban J connectivity index is 1.44. The number of rotatable bonds is 5. The Morgan fingerprint density at radius 3 is 2.67 bits per heavy atom. The average Bonchev–Trinajstić information content (AvgIpc) is 3.23. The first-order valence-electron chi connectivity index (χ1n) is 8.60. The third-order valence-electron chi connectivity index (χ3n) is 4.58. The van der Waals surface area contributed by atoms with Crippen molar-refractivity contribution in [1.82, 2.24) is 9.29 Å². The molecule has 2 heterocycles. The van der Waals surface area contributed by atoms with E-state index in [1.807, 2.05) is 25.1 Å². The van der Waals surface area contributed by atoms with E-state index in [-0.39, 0.29) is 24.6 Å². The highest BCUT2D eigenvalue weighted by Gasteiger charge is 2.40. The minimum Gasteiger partial charge on any atom is -0.438 e. The molecule has 1 aliphatic rings. The number of sulfonamides is 1. The van der Waals surface area contributed by atoms with Crippen LogP contribution >= 0.6 is 0 Å². The van der Waals surface area contributed by atoms with Gasteiger partial charge in [0.1, 0.15) is 24.4 Å². The molecular formula is C19H19FN2O4S. The Kier molecular flexibility index (Phi) is 4.71. The first-order valence-corrected chi connectivity index (χ1v) is 10.0. The molecule has 1 saturated heterocycles. The van der Waals surface area contributed by atoms with Gasteiger partial charge in [-0.05, 0) is 31.2 Å². The lowest BCUT2D eigenvalue weighted by Gasteiger charge is -2.16. The third-order valence-corrected chi connectivity index (χ3v) is 6.43. The number of ether oxygens (including phenoxy) is 1. The minimum atomic E-state index is -3.75. The van der Waals surface area contributed by atoms with Crippen molar-refractivity contribution in [1.29, 1.82) is 0 Å². The molecule has 4 rings (SSSR count). The highest BCUT2D eigenvalue weighted by atomic mass is 32.2. The number of fused-ring (bicyclic) bond motifs is 1. The molecule has 2 atom stereocenters. The van der Waals surface area contributed by atoms with Gasteiger partial charge in [0.05, 0.1) is 4.90 Å². The number of halogens is 1. The number of aromatic nitrogens is 1. The summed E-state index contributed by atoms with van der Waals surface area (Å²) in [6, 6.07) is 13.8. The fourth-order valence-corrected chi connectivity index (χ4v) is 4.53. The summed E-state index contributed by atoms with van der Waals surface area (Å²) in [5, 5.41) is 0.